The van der Waals surface area contributed by atoms with Crippen molar-refractivity contribution < 1.29 is 24.4 Å². The van der Waals surface area contributed by atoms with E-state index >= 15 is 0 Å². The van der Waals surface area contributed by atoms with Gasteiger partial charge in [-0.1, -0.05) is 0 Å². The van der Waals surface area contributed by atoms with Crippen molar-refractivity contribution in [3.63, 3.8) is 0 Å². The van der Waals surface area contributed by atoms with E-state index in [0.29, 0.717) is 30.7 Å². The van der Waals surface area contributed by atoms with Crippen LogP contribution in [-0.2, 0) is 19.3 Å². The standard InChI is InChI=1S/C19H29NO5/c21-6-5-20-17(22)10-12-1-3-18(4-2-12)23-19(25-24-18)15-8-13-7-14(11-15)16(19)9-13/h12-16,21H,1-11H2,(H,20,22). The van der Waals surface area contributed by atoms with Crippen LogP contribution in [0.25, 0.3) is 0 Å². The SMILES string of the molecule is O=C(CC1CCC2(CC1)OOC1(O2)C2CC3CC(C2)C1C3)NCCO. The molecule has 1 amide bonds. The van der Waals surface area contributed by atoms with Crippen LogP contribution in [0.5, 0.6) is 0 Å². The summed E-state index contributed by atoms with van der Waals surface area (Å²) in [6.45, 7) is 0.327. The normalized spacial score (nSPS) is 50.2. The first-order valence-electron chi connectivity index (χ1n) is 10.1. The van der Waals surface area contributed by atoms with Gasteiger partial charge < -0.3 is 15.2 Å². The van der Waals surface area contributed by atoms with Gasteiger partial charge in [0.1, 0.15) is 0 Å². The van der Waals surface area contributed by atoms with Gasteiger partial charge in [0.05, 0.1) is 6.61 Å². The van der Waals surface area contributed by atoms with Gasteiger partial charge in [-0.15, -0.1) is 0 Å². The van der Waals surface area contributed by atoms with E-state index in [-0.39, 0.29) is 12.5 Å². The molecule has 5 saturated carbocycles. The fourth-order valence-electron chi connectivity index (χ4n) is 6.47. The largest absolute Gasteiger partial charge is 0.395 e. The van der Waals surface area contributed by atoms with Crippen molar-refractivity contribution >= 4 is 5.91 Å². The van der Waals surface area contributed by atoms with Gasteiger partial charge in [-0.05, 0) is 56.3 Å². The lowest BCUT2D eigenvalue weighted by Crippen LogP contribution is -2.47. The molecule has 140 valence electrons. The number of amides is 1. The molecule has 6 fully saturated rings. The molecule has 6 heteroatoms. The summed E-state index contributed by atoms with van der Waals surface area (Å²) in [5.74, 6) is 2.04. The number of carbonyl (C=O) groups excluding carboxylic acids is 1. The average molecular weight is 351 g/mol. The Morgan fingerprint density at radius 3 is 2.72 bits per heavy atom. The molecule has 5 atom stereocenters. The highest BCUT2D eigenvalue weighted by Gasteiger charge is 2.70. The summed E-state index contributed by atoms with van der Waals surface area (Å²) < 4.78 is 6.64. The Morgan fingerprint density at radius 2 is 1.96 bits per heavy atom. The van der Waals surface area contributed by atoms with Crippen LogP contribution < -0.4 is 5.32 Å². The third-order valence-electron chi connectivity index (χ3n) is 7.53. The minimum Gasteiger partial charge on any atom is -0.395 e. The number of carbonyl (C=O) groups is 1. The van der Waals surface area contributed by atoms with Crippen LogP contribution >= 0.6 is 0 Å². The highest BCUT2D eigenvalue weighted by molar-refractivity contribution is 5.76. The minimum atomic E-state index is -0.583. The Labute approximate surface area is 148 Å². The number of aliphatic hydroxyl groups is 1. The van der Waals surface area contributed by atoms with Gasteiger partial charge in [0.25, 0.3) is 0 Å². The fourth-order valence-corrected chi connectivity index (χ4v) is 6.47. The average Bonchev–Trinajstić information content (AvgIpc) is 3.19. The molecule has 0 aromatic carbocycles. The predicted octanol–water partition coefficient (Wildman–Crippen LogP) is 2.11. The van der Waals surface area contributed by atoms with Crippen LogP contribution in [0.3, 0.4) is 0 Å². The van der Waals surface area contributed by atoms with Crippen LogP contribution in [-0.4, -0.2) is 35.7 Å². The monoisotopic (exact) mass is 351 g/mol. The van der Waals surface area contributed by atoms with Crippen molar-refractivity contribution in [2.75, 3.05) is 13.2 Å². The summed E-state index contributed by atoms with van der Waals surface area (Å²) in [7, 11) is 0. The Bertz CT molecular complexity index is 542. The third-order valence-corrected chi connectivity index (χ3v) is 7.53. The number of ether oxygens (including phenoxy) is 1. The third kappa shape index (κ3) is 2.56. The van der Waals surface area contributed by atoms with Crippen LogP contribution in [0.2, 0.25) is 0 Å². The lowest BCUT2D eigenvalue weighted by atomic mass is 9.78. The Hall–Kier alpha value is -0.690. The van der Waals surface area contributed by atoms with E-state index in [1.807, 2.05) is 0 Å². The first-order valence-corrected chi connectivity index (χ1v) is 10.1. The van der Waals surface area contributed by atoms with Crippen molar-refractivity contribution in [3.8, 4) is 0 Å². The van der Waals surface area contributed by atoms with E-state index in [1.54, 1.807) is 0 Å². The lowest BCUT2D eigenvalue weighted by Gasteiger charge is -2.40. The Morgan fingerprint density at radius 1 is 1.12 bits per heavy atom. The van der Waals surface area contributed by atoms with Gasteiger partial charge in [-0.2, -0.15) is 9.78 Å². The number of nitrogens with one attached hydrogen (secondary N) is 1. The zero-order valence-corrected chi connectivity index (χ0v) is 14.7. The molecule has 6 rings (SSSR count). The molecular formula is C19H29NO5. The quantitative estimate of drug-likeness (QED) is 0.759. The molecule has 1 heterocycles. The first kappa shape index (κ1) is 16.5. The van der Waals surface area contributed by atoms with E-state index < -0.39 is 11.6 Å². The second-order valence-corrected chi connectivity index (χ2v) is 8.99. The van der Waals surface area contributed by atoms with Crippen LogP contribution in [0.1, 0.15) is 57.8 Å². The second-order valence-electron chi connectivity index (χ2n) is 8.99. The van der Waals surface area contributed by atoms with Gasteiger partial charge in [-0.25, -0.2) is 0 Å². The zero-order chi connectivity index (χ0) is 17.1. The molecule has 2 spiro atoms. The van der Waals surface area contributed by atoms with Crippen LogP contribution in [0.4, 0.5) is 0 Å². The highest BCUT2D eigenvalue weighted by atomic mass is 17.3. The molecule has 5 unspecified atom stereocenters. The molecule has 4 bridgehead atoms. The molecular weight excluding hydrogens is 322 g/mol. The van der Waals surface area contributed by atoms with Crippen molar-refractivity contribution in [2.24, 2.45) is 29.6 Å². The zero-order valence-electron chi connectivity index (χ0n) is 14.7. The molecule has 25 heavy (non-hydrogen) atoms. The van der Waals surface area contributed by atoms with Crippen molar-refractivity contribution in [1.82, 2.24) is 5.32 Å². The molecule has 2 N–H and O–H groups in total. The van der Waals surface area contributed by atoms with E-state index in [0.717, 1.165) is 37.5 Å². The van der Waals surface area contributed by atoms with Crippen molar-refractivity contribution in [2.45, 2.75) is 69.4 Å². The van der Waals surface area contributed by atoms with E-state index in [1.165, 1.54) is 25.7 Å². The maximum Gasteiger partial charge on any atom is 0.220 e. The smallest absolute Gasteiger partial charge is 0.220 e. The molecule has 0 aromatic heterocycles. The highest BCUT2D eigenvalue weighted by Crippen LogP contribution is 2.67. The molecule has 0 aromatic rings. The summed E-state index contributed by atoms with van der Waals surface area (Å²) in [5, 5.41) is 11.5. The summed E-state index contributed by atoms with van der Waals surface area (Å²) in [5.41, 5.74) is 0. The van der Waals surface area contributed by atoms with Gasteiger partial charge >= 0.3 is 0 Å². The maximum atomic E-state index is 11.9. The second kappa shape index (κ2) is 5.91. The van der Waals surface area contributed by atoms with Crippen LogP contribution in [0.15, 0.2) is 0 Å². The van der Waals surface area contributed by atoms with Gasteiger partial charge in [0.15, 0.2) is 0 Å². The maximum absolute atomic E-state index is 11.9. The lowest BCUT2D eigenvalue weighted by molar-refractivity contribution is -0.370. The topological polar surface area (TPSA) is 77.0 Å². The minimum absolute atomic E-state index is 0.00912. The fraction of sp³-hybridized carbons (Fsp3) is 0.947. The first-order chi connectivity index (χ1) is 12.1. The number of hydrogen-bond donors (Lipinski definition) is 2. The number of rotatable bonds is 4. The van der Waals surface area contributed by atoms with Gasteiger partial charge in [0, 0.05) is 37.6 Å². The molecule has 0 radical (unpaired) electrons. The molecule has 1 saturated heterocycles. The van der Waals surface area contributed by atoms with Crippen molar-refractivity contribution in [3.05, 3.63) is 0 Å². The summed E-state index contributed by atoms with van der Waals surface area (Å²) >= 11 is 0. The summed E-state index contributed by atoms with van der Waals surface area (Å²) in [4.78, 5) is 23.7. The molecule has 1 aliphatic heterocycles. The summed E-state index contributed by atoms with van der Waals surface area (Å²) in [6.07, 6.45) is 9.06. The Balaban J connectivity index is 1.20. The van der Waals surface area contributed by atoms with E-state index in [4.69, 9.17) is 19.6 Å². The van der Waals surface area contributed by atoms with E-state index in [2.05, 4.69) is 5.32 Å². The summed E-state index contributed by atoms with van der Waals surface area (Å²) in [6, 6.07) is 0. The molecule has 6 nitrogen and oxygen atoms in total. The van der Waals surface area contributed by atoms with E-state index in [9.17, 15) is 4.79 Å². The predicted molar refractivity (Wildman–Crippen MR) is 87.8 cm³/mol. The van der Waals surface area contributed by atoms with Crippen LogP contribution in [0, 0.1) is 29.6 Å². The molecule has 6 aliphatic rings. The molecule has 5 aliphatic carbocycles. The Kier molecular flexibility index (Phi) is 3.90. The van der Waals surface area contributed by atoms with Gasteiger partial charge in [0.2, 0.25) is 17.5 Å². The number of aliphatic hydroxyl groups excluding tert-OH is 1. The van der Waals surface area contributed by atoms with Gasteiger partial charge in [-0.3, -0.25) is 4.79 Å². The van der Waals surface area contributed by atoms with Crippen molar-refractivity contribution in [1.29, 1.82) is 0 Å². The number of hydrogen-bond acceptors (Lipinski definition) is 5.